The van der Waals surface area contributed by atoms with Crippen molar-refractivity contribution < 1.29 is 14.3 Å². The van der Waals surface area contributed by atoms with Crippen LogP contribution in [0.5, 0.6) is 0 Å². The summed E-state index contributed by atoms with van der Waals surface area (Å²) in [5, 5.41) is 3.02. The molecule has 0 radical (unpaired) electrons. The third-order valence-corrected chi connectivity index (χ3v) is 4.50. The van der Waals surface area contributed by atoms with Crippen LogP contribution in [0.4, 0.5) is 4.79 Å². The van der Waals surface area contributed by atoms with E-state index in [-0.39, 0.29) is 18.0 Å². The third-order valence-electron chi connectivity index (χ3n) is 4.50. The van der Waals surface area contributed by atoms with Crippen LogP contribution in [0.1, 0.15) is 39.5 Å². The molecule has 0 spiro atoms. The lowest BCUT2D eigenvalue weighted by Crippen LogP contribution is -2.52. The maximum atomic E-state index is 12.4. The Bertz CT molecular complexity index is 399. The van der Waals surface area contributed by atoms with Gasteiger partial charge in [0.05, 0.1) is 13.2 Å². The number of carbonyl (C=O) groups is 1. The molecule has 2 atom stereocenters. The third kappa shape index (κ3) is 3.90. The van der Waals surface area contributed by atoms with E-state index in [9.17, 15) is 4.79 Å². The van der Waals surface area contributed by atoms with Crippen molar-refractivity contribution in [3.05, 3.63) is 0 Å². The smallest absolute Gasteiger partial charge is 0.317 e. The Morgan fingerprint density at radius 2 is 2.24 bits per heavy atom. The molecular weight excluding hydrogens is 268 g/mol. The topological polar surface area (TPSA) is 50.8 Å². The van der Waals surface area contributed by atoms with Crippen LogP contribution in [-0.4, -0.2) is 49.1 Å². The minimum Gasteiger partial charge on any atom is -0.347 e. The van der Waals surface area contributed by atoms with Gasteiger partial charge in [-0.05, 0) is 26.2 Å². The molecule has 2 saturated heterocycles. The Labute approximate surface area is 127 Å². The molecule has 0 aromatic carbocycles. The first-order valence-corrected chi connectivity index (χ1v) is 7.86. The molecule has 2 rings (SSSR count). The maximum Gasteiger partial charge on any atom is 0.317 e. The maximum absolute atomic E-state index is 12.4. The molecule has 118 valence electrons. The van der Waals surface area contributed by atoms with Crippen LogP contribution in [-0.2, 0) is 9.47 Å². The molecule has 21 heavy (non-hydrogen) atoms. The van der Waals surface area contributed by atoms with Crippen molar-refractivity contribution in [2.45, 2.75) is 51.4 Å². The first kappa shape index (κ1) is 16.1. The molecule has 2 aliphatic heterocycles. The Balaban J connectivity index is 1.91. The van der Waals surface area contributed by atoms with Gasteiger partial charge >= 0.3 is 6.03 Å². The van der Waals surface area contributed by atoms with Crippen molar-refractivity contribution in [2.75, 3.05) is 26.3 Å². The van der Waals surface area contributed by atoms with Crippen molar-refractivity contribution in [3.63, 3.8) is 0 Å². The summed E-state index contributed by atoms with van der Waals surface area (Å²) in [6.45, 7) is 6.75. The standard InChI is InChI=1S/C16H26N2O3/c1-4-7-14(5-2)17-15(19)18-9-6-8-13(12-18)16(3)20-10-11-21-16/h1,13-14H,5-12H2,2-3H3,(H,17,19)/t13-,14+/m0/s1. The number of ether oxygens (including phenoxy) is 2. The Kier molecular flexibility index (Phi) is 5.49. The van der Waals surface area contributed by atoms with E-state index in [2.05, 4.69) is 11.2 Å². The van der Waals surface area contributed by atoms with Crippen LogP contribution in [0.2, 0.25) is 0 Å². The van der Waals surface area contributed by atoms with Gasteiger partial charge in [-0.2, -0.15) is 0 Å². The molecule has 0 saturated carbocycles. The van der Waals surface area contributed by atoms with Gasteiger partial charge in [0.2, 0.25) is 0 Å². The quantitative estimate of drug-likeness (QED) is 0.807. The van der Waals surface area contributed by atoms with Crippen LogP contribution < -0.4 is 5.32 Å². The van der Waals surface area contributed by atoms with Gasteiger partial charge in [-0.15, -0.1) is 12.3 Å². The number of likely N-dealkylation sites (tertiary alicyclic amines) is 1. The first-order chi connectivity index (χ1) is 10.1. The summed E-state index contributed by atoms with van der Waals surface area (Å²) in [6.07, 6.45) is 8.76. The van der Waals surface area contributed by atoms with Crippen molar-refractivity contribution in [1.82, 2.24) is 10.2 Å². The average molecular weight is 294 g/mol. The molecule has 0 aliphatic carbocycles. The van der Waals surface area contributed by atoms with Crippen LogP contribution in [0.3, 0.4) is 0 Å². The lowest BCUT2D eigenvalue weighted by Gasteiger charge is -2.40. The van der Waals surface area contributed by atoms with E-state index in [0.29, 0.717) is 26.2 Å². The monoisotopic (exact) mass is 294 g/mol. The highest BCUT2D eigenvalue weighted by Crippen LogP contribution is 2.34. The number of hydrogen-bond donors (Lipinski definition) is 1. The number of carbonyl (C=O) groups excluding carboxylic acids is 1. The molecule has 2 fully saturated rings. The number of rotatable bonds is 4. The van der Waals surface area contributed by atoms with Crippen LogP contribution in [0, 0.1) is 18.3 Å². The van der Waals surface area contributed by atoms with Gasteiger partial charge in [0.15, 0.2) is 5.79 Å². The lowest BCUT2D eigenvalue weighted by atomic mass is 9.90. The normalized spacial score (nSPS) is 26.1. The molecule has 2 amide bonds. The minimum atomic E-state index is -0.540. The largest absolute Gasteiger partial charge is 0.347 e. The molecular formula is C16H26N2O3. The van der Waals surface area contributed by atoms with E-state index in [1.54, 1.807) is 0 Å². The van der Waals surface area contributed by atoms with Crippen LogP contribution >= 0.6 is 0 Å². The molecule has 1 N–H and O–H groups in total. The second-order valence-electron chi connectivity index (χ2n) is 5.96. The number of terminal acetylenes is 1. The first-order valence-electron chi connectivity index (χ1n) is 7.86. The van der Waals surface area contributed by atoms with E-state index in [1.165, 1.54) is 0 Å². The fraction of sp³-hybridized carbons (Fsp3) is 0.812. The zero-order valence-electron chi connectivity index (χ0n) is 13.1. The molecule has 2 aliphatic rings. The number of nitrogens with one attached hydrogen (secondary N) is 1. The number of nitrogens with zero attached hydrogens (tertiary/aromatic N) is 1. The van der Waals surface area contributed by atoms with E-state index in [1.807, 2.05) is 18.7 Å². The second kappa shape index (κ2) is 7.15. The predicted molar refractivity (Wildman–Crippen MR) is 80.7 cm³/mol. The van der Waals surface area contributed by atoms with Gasteiger partial charge in [-0.1, -0.05) is 6.92 Å². The van der Waals surface area contributed by atoms with Gasteiger partial charge in [0.1, 0.15) is 0 Å². The van der Waals surface area contributed by atoms with Crippen LogP contribution in [0.15, 0.2) is 0 Å². The van der Waals surface area contributed by atoms with Gasteiger partial charge in [-0.25, -0.2) is 4.79 Å². The number of piperidine rings is 1. The number of urea groups is 1. The summed E-state index contributed by atoms with van der Waals surface area (Å²) in [6, 6.07) is 0.0286. The Morgan fingerprint density at radius 1 is 1.52 bits per heavy atom. The average Bonchev–Trinajstić information content (AvgIpc) is 2.95. The molecule has 0 aromatic heterocycles. The zero-order chi connectivity index (χ0) is 15.3. The highest BCUT2D eigenvalue weighted by atomic mass is 16.7. The summed E-state index contributed by atoms with van der Waals surface area (Å²) in [5.74, 6) is 2.30. The Morgan fingerprint density at radius 3 is 2.86 bits per heavy atom. The van der Waals surface area contributed by atoms with Crippen molar-refractivity contribution >= 4 is 6.03 Å². The van der Waals surface area contributed by atoms with Gasteiger partial charge in [-0.3, -0.25) is 0 Å². The second-order valence-corrected chi connectivity index (χ2v) is 5.96. The molecule has 0 aromatic rings. The van der Waals surface area contributed by atoms with Crippen molar-refractivity contribution in [2.24, 2.45) is 5.92 Å². The van der Waals surface area contributed by atoms with Crippen molar-refractivity contribution in [1.29, 1.82) is 0 Å². The summed E-state index contributed by atoms with van der Waals surface area (Å²) < 4.78 is 11.5. The predicted octanol–water partition coefficient (Wildman–Crippen LogP) is 1.97. The van der Waals surface area contributed by atoms with E-state index >= 15 is 0 Å². The van der Waals surface area contributed by atoms with Crippen molar-refractivity contribution in [3.8, 4) is 12.3 Å². The SMILES string of the molecule is C#CC[C@@H](CC)NC(=O)N1CCC[C@H](C2(C)OCCO2)C1. The number of hydrogen-bond acceptors (Lipinski definition) is 3. The number of amides is 2. The lowest BCUT2D eigenvalue weighted by molar-refractivity contribution is -0.189. The fourth-order valence-electron chi connectivity index (χ4n) is 3.06. The molecule has 2 heterocycles. The molecule has 0 unspecified atom stereocenters. The fourth-order valence-corrected chi connectivity index (χ4v) is 3.06. The van der Waals surface area contributed by atoms with E-state index < -0.39 is 5.79 Å². The summed E-state index contributed by atoms with van der Waals surface area (Å²) >= 11 is 0. The Hall–Kier alpha value is -1.25. The van der Waals surface area contributed by atoms with Gasteiger partial charge in [0.25, 0.3) is 0 Å². The summed E-state index contributed by atoms with van der Waals surface area (Å²) in [4.78, 5) is 14.2. The van der Waals surface area contributed by atoms with Crippen LogP contribution in [0.25, 0.3) is 0 Å². The van der Waals surface area contributed by atoms with Gasteiger partial charge in [0, 0.05) is 31.5 Å². The molecule has 5 heteroatoms. The zero-order valence-corrected chi connectivity index (χ0v) is 13.1. The molecule has 0 bridgehead atoms. The summed E-state index contributed by atoms with van der Waals surface area (Å²) in [7, 11) is 0. The van der Waals surface area contributed by atoms with E-state index in [0.717, 1.165) is 25.8 Å². The highest BCUT2D eigenvalue weighted by molar-refractivity contribution is 5.74. The van der Waals surface area contributed by atoms with E-state index in [4.69, 9.17) is 15.9 Å². The minimum absolute atomic E-state index is 0.0246. The molecule has 5 nitrogen and oxygen atoms in total. The van der Waals surface area contributed by atoms with Gasteiger partial charge < -0.3 is 19.7 Å². The highest BCUT2D eigenvalue weighted by Gasteiger charge is 2.42. The summed E-state index contributed by atoms with van der Waals surface area (Å²) in [5.41, 5.74) is 0.